The molecule has 0 aliphatic rings. The van der Waals surface area contributed by atoms with E-state index < -0.39 is 24.5 Å². The summed E-state index contributed by atoms with van der Waals surface area (Å²) >= 11 is 0. The highest BCUT2D eigenvalue weighted by Crippen LogP contribution is 2.28. The minimum absolute atomic E-state index is 0.195. The highest BCUT2D eigenvalue weighted by molar-refractivity contribution is 6.05. The van der Waals surface area contributed by atoms with Gasteiger partial charge in [0.15, 0.2) is 6.61 Å². The molecule has 0 fully saturated rings. The van der Waals surface area contributed by atoms with Gasteiger partial charge in [0, 0.05) is 11.3 Å². The number of rotatable bonds is 6. The van der Waals surface area contributed by atoms with Crippen molar-refractivity contribution in [3.8, 4) is 11.3 Å². The van der Waals surface area contributed by atoms with Gasteiger partial charge in [0.05, 0.1) is 35.0 Å². The maximum absolute atomic E-state index is 13.0. The van der Waals surface area contributed by atoms with Gasteiger partial charge in [0.25, 0.3) is 11.6 Å². The van der Waals surface area contributed by atoms with Gasteiger partial charge in [0.2, 0.25) is 0 Å². The Hall–Kier alpha value is -4.53. The molecule has 0 radical (unpaired) electrons. The first-order valence-corrected chi connectivity index (χ1v) is 10.8. The van der Waals surface area contributed by atoms with E-state index >= 15 is 0 Å². The summed E-state index contributed by atoms with van der Waals surface area (Å²) in [6.07, 6.45) is 0. The molecule has 0 saturated carbocycles. The van der Waals surface area contributed by atoms with Crippen LogP contribution in [0.4, 0.5) is 5.69 Å². The number of aryl methyl sites for hydroxylation is 3. The highest BCUT2D eigenvalue weighted by Gasteiger charge is 2.21. The van der Waals surface area contributed by atoms with Crippen LogP contribution < -0.4 is 5.32 Å². The second kappa shape index (κ2) is 9.76. The Balaban J connectivity index is 1.54. The van der Waals surface area contributed by atoms with Crippen molar-refractivity contribution in [3.05, 3.63) is 76.5 Å². The van der Waals surface area contributed by atoms with E-state index in [1.807, 2.05) is 31.2 Å². The molecular formula is C26H23N3O6. The number of esters is 2. The van der Waals surface area contributed by atoms with Crippen LogP contribution in [0.3, 0.4) is 0 Å². The molecule has 0 atom stereocenters. The van der Waals surface area contributed by atoms with Gasteiger partial charge < -0.3 is 19.3 Å². The van der Waals surface area contributed by atoms with Crippen molar-refractivity contribution in [3.63, 3.8) is 0 Å². The maximum Gasteiger partial charge on any atom is 0.339 e. The Bertz CT molecular complexity index is 1440. The van der Waals surface area contributed by atoms with Crippen molar-refractivity contribution in [2.24, 2.45) is 0 Å². The third kappa shape index (κ3) is 5.03. The molecule has 9 nitrogen and oxygen atoms in total. The molecule has 0 aliphatic heterocycles. The normalized spacial score (nSPS) is 10.7. The van der Waals surface area contributed by atoms with Crippen molar-refractivity contribution in [1.82, 2.24) is 10.1 Å². The Labute approximate surface area is 201 Å². The zero-order valence-electron chi connectivity index (χ0n) is 19.7. The summed E-state index contributed by atoms with van der Waals surface area (Å²) in [7, 11) is 1.28. The summed E-state index contributed by atoms with van der Waals surface area (Å²) in [6.45, 7) is 4.91. The van der Waals surface area contributed by atoms with Gasteiger partial charge in [-0.2, -0.15) is 0 Å². The Morgan fingerprint density at radius 1 is 0.971 bits per heavy atom. The molecule has 35 heavy (non-hydrogen) atoms. The molecule has 0 unspecified atom stereocenters. The maximum atomic E-state index is 13.0. The predicted molar refractivity (Wildman–Crippen MR) is 128 cm³/mol. The number of pyridine rings is 1. The molecular weight excluding hydrogens is 450 g/mol. The standard InChI is InChI=1S/C26H23N3O6/c1-14-5-8-17(9-6-14)21-12-19(23-16(3)29-35-24(23)28-21)26(32)34-13-22(30)27-20-11-18(25(31)33-4)10-7-15(20)2/h5-12H,13H2,1-4H3,(H,27,30). The first-order valence-electron chi connectivity index (χ1n) is 10.8. The number of amides is 1. The number of carbonyl (C=O) groups excluding carboxylic acids is 3. The molecule has 0 saturated heterocycles. The van der Waals surface area contributed by atoms with Crippen LogP contribution in [0.1, 0.15) is 37.5 Å². The number of nitrogens with zero attached hydrogens (tertiary/aromatic N) is 2. The molecule has 2 aromatic carbocycles. The molecule has 4 rings (SSSR count). The number of carbonyl (C=O) groups is 3. The van der Waals surface area contributed by atoms with Gasteiger partial charge >= 0.3 is 11.9 Å². The van der Waals surface area contributed by atoms with Crippen LogP contribution >= 0.6 is 0 Å². The lowest BCUT2D eigenvalue weighted by Gasteiger charge is -2.11. The van der Waals surface area contributed by atoms with Crippen molar-refractivity contribution < 1.29 is 28.4 Å². The zero-order valence-corrected chi connectivity index (χ0v) is 19.7. The van der Waals surface area contributed by atoms with Crippen LogP contribution in [0.15, 0.2) is 53.1 Å². The van der Waals surface area contributed by atoms with Crippen molar-refractivity contribution in [2.45, 2.75) is 20.8 Å². The highest BCUT2D eigenvalue weighted by atomic mass is 16.5. The molecule has 0 spiro atoms. The van der Waals surface area contributed by atoms with Gasteiger partial charge in [-0.1, -0.05) is 41.1 Å². The first kappa shape index (κ1) is 23.6. The number of methoxy groups -OCH3 is 1. The number of hydrogen-bond donors (Lipinski definition) is 1. The lowest BCUT2D eigenvalue weighted by atomic mass is 10.0. The second-order valence-electron chi connectivity index (χ2n) is 8.01. The van der Waals surface area contributed by atoms with Crippen LogP contribution in [0, 0.1) is 20.8 Å². The van der Waals surface area contributed by atoms with E-state index in [2.05, 4.69) is 15.5 Å². The van der Waals surface area contributed by atoms with Gasteiger partial charge in [-0.15, -0.1) is 0 Å². The number of ether oxygens (including phenoxy) is 2. The van der Waals surface area contributed by atoms with E-state index in [0.29, 0.717) is 22.5 Å². The molecule has 2 aromatic heterocycles. The summed E-state index contributed by atoms with van der Waals surface area (Å²) in [6, 6.07) is 14.0. The average molecular weight is 473 g/mol. The van der Waals surface area contributed by atoms with E-state index in [-0.39, 0.29) is 16.8 Å². The Kier molecular flexibility index (Phi) is 6.59. The van der Waals surface area contributed by atoms with Crippen LogP contribution in [0.2, 0.25) is 0 Å². The Morgan fingerprint density at radius 3 is 2.43 bits per heavy atom. The monoisotopic (exact) mass is 473 g/mol. The van der Waals surface area contributed by atoms with Crippen molar-refractivity contribution in [2.75, 3.05) is 19.0 Å². The van der Waals surface area contributed by atoms with E-state index in [1.54, 1.807) is 32.0 Å². The van der Waals surface area contributed by atoms with E-state index in [4.69, 9.17) is 14.0 Å². The number of aromatic nitrogens is 2. The largest absolute Gasteiger partial charge is 0.465 e. The molecule has 178 valence electrons. The summed E-state index contributed by atoms with van der Waals surface area (Å²) in [5, 5.41) is 6.99. The number of benzene rings is 2. The fourth-order valence-electron chi connectivity index (χ4n) is 3.52. The van der Waals surface area contributed by atoms with Crippen molar-refractivity contribution >= 4 is 34.6 Å². The van der Waals surface area contributed by atoms with Gasteiger partial charge in [-0.05, 0) is 44.5 Å². The Morgan fingerprint density at radius 2 is 1.71 bits per heavy atom. The molecule has 0 bridgehead atoms. The van der Waals surface area contributed by atoms with E-state index in [1.165, 1.54) is 13.2 Å². The minimum atomic E-state index is -0.716. The summed E-state index contributed by atoms with van der Waals surface area (Å²) in [5.74, 6) is -1.80. The average Bonchev–Trinajstić information content (AvgIpc) is 3.23. The van der Waals surface area contributed by atoms with E-state index in [9.17, 15) is 14.4 Å². The van der Waals surface area contributed by atoms with Gasteiger partial charge in [0.1, 0.15) is 0 Å². The lowest BCUT2D eigenvalue weighted by molar-refractivity contribution is -0.119. The summed E-state index contributed by atoms with van der Waals surface area (Å²) < 4.78 is 15.3. The topological polar surface area (TPSA) is 121 Å². The third-order valence-corrected chi connectivity index (χ3v) is 5.45. The third-order valence-electron chi connectivity index (χ3n) is 5.45. The molecule has 0 aliphatic carbocycles. The van der Waals surface area contributed by atoms with E-state index in [0.717, 1.165) is 16.7 Å². The molecule has 1 N–H and O–H groups in total. The van der Waals surface area contributed by atoms with Gasteiger partial charge in [-0.25, -0.2) is 14.6 Å². The summed E-state index contributed by atoms with van der Waals surface area (Å²) in [5.41, 5.74) is 4.70. The summed E-state index contributed by atoms with van der Waals surface area (Å²) in [4.78, 5) is 41.7. The number of nitrogens with one attached hydrogen (secondary N) is 1. The van der Waals surface area contributed by atoms with Crippen molar-refractivity contribution in [1.29, 1.82) is 0 Å². The van der Waals surface area contributed by atoms with Crippen LogP contribution in [-0.4, -0.2) is 41.7 Å². The van der Waals surface area contributed by atoms with Crippen LogP contribution in [0.5, 0.6) is 0 Å². The number of fused-ring (bicyclic) bond motifs is 1. The predicted octanol–water partition coefficient (Wildman–Crippen LogP) is 4.40. The lowest BCUT2D eigenvalue weighted by Crippen LogP contribution is -2.22. The SMILES string of the molecule is COC(=O)c1ccc(C)c(NC(=O)COC(=O)c2cc(-c3ccc(C)cc3)nc3onc(C)c23)c1. The van der Waals surface area contributed by atoms with Gasteiger partial charge in [-0.3, -0.25) is 4.79 Å². The quantitative estimate of drug-likeness (QED) is 0.409. The fourth-order valence-corrected chi connectivity index (χ4v) is 3.52. The molecule has 1 amide bonds. The minimum Gasteiger partial charge on any atom is -0.465 e. The van der Waals surface area contributed by atoms with Crippen LogP contribution in [-0.2, 0) is 14.3 Å². The first-order chi connectivity index (χ1) is 16.8. The zero-order chi connectivity index (χ0) is 25.1. The molecule has 9 heteroatoms. The smallest absolute Gasteiger partial charge is 0.339 e. The second-order valence-corrected chi connectivity index (χ2v) is 8.01. The fraction of sp³-hybridized carbons (Fsp3) is 0.192. The number of anilines is 1. The molecule has 4 aromatic rings. The number of hydrogen-bond acceptors (Lipinski definition) is 8. The van der Waals surface area contributed by atoms with Crippen LogP contribution in [0.25, 0.3) is 22.4 Å². The molecule has 2 heterocycles.